The zero-order chi connectivity index (χ0) is 61.6. The lowest BCUT2D eigenvalue weighted by molar-refractivity contribution is -0.147. The van der Waals surface area contributed by atoms with Gasteiger partial charge in [0.2, 0.25) is 11.8 Å². The molecule has 0 heterocycles. The maximum absolute atomic E-state index is 13.4. The SMILES string of the molecule is CN(Cc1ccccc1)C(=O)CC[C@H](NC(=O)c1c(Cl)cc(C(=O)CCc2cccc(O)c2)cc1Cl)C(=O)O.CN(Cc1ccccc1)C(=O)CC[C@H](NC(=O)c1c(Cl)cc(C(=O)CCc2cccc(O)c2)cc1Cl)C(=O)OCc1ccccc1.S.S. The van der Waals surface area contributed by atoms with Gasteiger partial charge in [0.1, 0.15) is 30.2 Å². The van der Waals surface area contributed by atoms with Crippen LogP contribution in [0, 0.1) is 0 Å². The first-order valence-corrected chi connectivity index (χ1v) is 28.4. The van der Waals surface area contributed by atoms with Gasteiger partial charge in [-0.3, -0.25) is 28.8 Å². The van der Waals surface area contributed by atoms with Gasteiger partial charge < -0.3 is 40.5 Å². The molecular formula is C65H66Cl4N4O12S2. The van der Waals surface area contributed by atoms with Crippen LogP contribution in [-0.4, -0.2) is 98.4 Å². The highest BCUT2D eigenvalue weighted by molar-refractivity contribution is 7.59. The van der Waals surface area contributed by atoms with Gasteiger partial charge in [-0.15, -0.1) is 0 Å². The number of amides is 4. The van der Waals surface area contributed by atoms with Crippen molar-refractivity contribution in [3.8, 4) is 11.5 Å². The highest BCUT2D eigenvalue weighted by atomic mass is 35.5. The van der Waals surface area contributed by atoms with Crippen LogP contribution in [0.25, 0.3) is 0 Å². The van der Waals surface area contributed by atoms with E-state index in [9.17, 15) is 53.7 Å². The number of esters is 1. The third-order valence-corrected chi connectivity index (χ3v) is 14.6. The summed E-state index contributed by atoms with van der Waals surface area (Å²) in [6.07, 6.45) is 0.704. The number of phenolic OH excluding ortho intramolecular Hbond substituents is 2. The molecule has 7 rings (SSSR count). The number of nitrogens with zero attached hydrogens (tertiary/aromatic N) is 2. The van der Waals surface area contributed by atoms with Crippen molar-refractivity contribution in [1.29, 1.82) is 0 Å². The molecule has 0 aliphatic rings. The monoisotopic (exact) mass is 1300 g/mol. The third-order valence-electron chi connectivity index (χ3n) is 13.4. The molecular weight excluding hydrogens is 1230 g/mol. The number of carboxylic acids is 1. The van der Waals surface area contributed by atoms with Gasteiger partial charge in [0.25, 0.3) is 11.8 Å². The summed E-state index contributed by atoms with van der Waals surface area (Å²) in [5, 5.41) is 33.5. The van der Waals surface area contributed by atoms with E-state index in [1.165, 1.54) is 35.2 Å². The number of hydrogen-bond donors (Lipinski definition) is 5. The molecule has 16 nitrogen and oxygen atoms in total. The van der Waals surface area contributed by atoms with Crippen molar-refractivity contribution in [2.45, 2.75) is 83.1 Å². The topological polar surface area (TPSA) is 237 Å². The number of aryl methyl sites for hydroxylation is 2. The van der Waals surface area contributed by atoms with Crippen LogP contribution in [-0.2, 0) is 56.5 Å². The van der Waals surface area contributed by atoms with Crippen LogP contribution >= 0.6 is 73.4 Å². The van der Waals surface area contributed by atoms with Crippen LogP contribution in [0.4, 0.5) is 0 Å². The molecule has 7 aromatic carbocycles. The van der Waals surface area contributed by atoms with Crippen LogP contribution in [0.1, 0.15) is 108 Å². The van der Waals surface area contributed by atoms with Gasteiger partial charge in [0.05, 0.1) is 31.2 Å². The number of nitrogens with one attached hydrogen (secondary N) is 2. The normalized spacial score (nSPS) is 11.1. The van der Waals surface area contributed by atoms with E-state index in [-0.39, 0.29) is 149 Å². The predicted molar refractivity (Wildman–Crippen MR) is 346 cm³/mol. The Kier molecular flexibility index (Phi) is 29.4. The molecule has 7 aromatic rings. The fourth-order valence-corrected chi connectivity index (χ4v) is 10.1. The predicted octanol–water partition coefficient (Wildman–Crippen LogP) is 12.2. The summed E-state index contributed by atoms with van der Waals surface area (Å²) in [7, 11) is 3.29. The van der Waals surface area contributed by atoms with E-state index in [0.717, 1.165) is 27.8 Å². The largest absolute Gasteiger partial charge is 0.508 e. The quantitative estimate of drug-likeness (QED) is 0.0251. The summed E-state index contributed by atoms with van der Waals surface area (Å²) in [6.45, 7) is 0.738. The summed E-state index contributed by atoms with van der Waals surface area (Å²) in [5.41, 5.74) is 4.36. The van der Waals surface area contributed by atoms with Gasteiger partial charge in [-0.25, -0.2) is 9.59 Å². The fraction of sp³-hybridized carbons (Fsp3) is 0.231. The minimum atomic E-state index is -1.36. The number of carbonyl (C=O) groups excluding carboxylic acids is 7. The summed E-state index contributed by atoms with van der Waals surface area (Å²) in [5.74, 6) is -4.42. The Morgan fingerprint density at radius 3 is 1.17 bits per heavy atom. The number of phenols is 2. The molecule has 0 spiro atoms. The molecule has 0 aliphatic carbocycles. The smallest absolute Gasteiger partial charge is 0.328 e. The molecule has 0 bridgehead atoms. The molecule has 0 saturated carbocycles. The van der Waals surface area contributed by atoms with E-state index in [4.69, 9.17) is 51.1 Å². The lowest BCUT2D eigenvalue weighted by Gasteiger charge is -2.21. The second-order valence-corrected chi connectivity index (χ2v) is 21.5. The summed E-state index contributed by atoms with van der Waals surface area (Å²) in [6, 6.07) is 43.9. The number of carbonyl (C=O) groups is 8. The first-order chi connectivity index (χ1) is 40.6. The molecule has 458 valence electrons. The summed E-state index contributed by atoms with van der Waals surface area (Å²) in [4.78, 5) is 105. The number of halogens is 4. The maximum Gasteiger partial charge on any atom is 0.328 e. The molecule has 0 radical (unpaired) electrons. The van der Waals surface area contributed by atoms with Crippen molar-refractivity contribution in [2.75, 3.05) is 14.1 Å². The average molecular weight is 1300 g/mol. The van der Waals surface area contributed by atoms with E-state index in [1.807, 2.05) is 78.9 Å². The Balaban J connectivity index is 0.000000369. The number of ketones is 2. The van der Waals surface area contributed by atoms with Crippen molar-refractivity contribution in [3.05, 3.63) is 234 Å². The minimum absolute atomic E-state index is 0. The first kappa shape index (κ1) is 71.6. The van der Waals surface area contributed by atoms with Gasteiger partial charge in [-0.1, -0.05) is 162 Å². The van der Waals surface area contributed by atoms with Crippen molar-refractivity contribution in [1.82, 2.24) is 20.4 Å². The standard InChI is InChI=1S/C36H34Cl2N2O6.C29H28Cl2N2O6.2H2S/c1-40(22-25-9-4-2-5-10-25)33(43)18-16-31(36(45)46-23-26-11-6-3-7-12-26)39-35(44)34-29(37)20-27(21-30(34)38)32(42)17-15-24-13-8-14-28(41)19-24;1-33(17-19-6-3-2-4-7-19)26(36)13-11-24(29(38)39)32-28(37)27-22(30)15-20(16-23(27)31)25(35)12-10-18-8-5-9-21(34)14-18;;/h2-14,19-21,31,41H,15-18,22-23H2,1H3,(H,39,44);2-9,14-16,24,34H,10-13,17H2,1H3,(H,32,37)(H,38,39);2*1H2/t31-;24-;;/m00../s1. The van der Waals surface area contributed by atoms with Crippen molar-refractivity contribution < 1.29 is 58.4 Å². The van der Waals surface area contributed by atoms with Gasteiger partial charge in [0.15, 0.2) is 11.6 Å². The number of aliphatic carboxylic acids is 1. The Morgan fingerprint density at radius 2 is 0.805 bits per heavy atom. The highest BCUT2D eigenvalue weighted by Gasteiger charge is 2.29. The second-order valence-electron chi connectivity index (χ2n) is 19.8. The number of rotatable bonds is 26. The van der Waals surface area contributed by atoms with E-state index in [1.54, 1.807) is 73.6 Å². The van der Waals surface area contributed by atoms with Gasteiger partial charge in [-0.2, -0.15) is 27.0 Å². The number of aromatic hydroxyl groups is 2. The first-order valence-electron chi connectivity index (χ1n) is 26.9. The lowest BCUT2D eigenvalue weighted by atomic mass is 10.0. The summed E-state index contributed by atoms with van der Waals surface area (Å²) < 4.78 is 5.49. The zero-order valence-corrected chi connectivity index (χ0v) is 52.5. The minimum Gasteiger partial charge on any atom is -0.508 e. The summed E-state index contributed by atoms with van der Waals surface area (Å²) >= 11 is 25.5. The molecule has 0 unspecified atom stereocenters. The van der Waals surface area contributed by atoms with Crippen LogP contribution in [0.3, 0.4) is 0 Å². The molecule has 5 N–H and O–H groups in total. The number of carboxylic acid groups (broad SMARTS) is 1. The number of benzene rings is 7. The van der Waals surface area contributed by atoms with Gasteiger partial charge in [0, 0.05) is 64.0 Å². The van der Waals surface area contributed by atoms with E-state index >= 15 is 0 Å². The maximum atomic E-state index is 13.4. The molecule has 4 amide bonds. The lowest BCUT2D eigenvalue weighted by Crippen LogP contribution is -2.43. The van der Waals surface area contributed by atoms with Gasteiger partial charge in [-0.05, 0) is 102 Å². The number of hydrogen-bond acceptors (Lipinski definition) is 11. The van der Waals surface area contributed by atoms with E-state index in [2.05, 4.69) is 10.6 Å². The van der Waals surface area contributed by atoms with Gasteiger partial charge >= 0.3 is 11.9 Å². The average Bonchev–Trinajstić information content (AvgIpc) is 3.25. The van der Waals surface area contributed by atoms with Crippen molar-refractivity contribution >= 4 is 121 Å². The van der Waals surface area contributed by atoms with Crippen molar-refractivity contribution in [2.24, 2.45) is 0 Å². The Bertz CT molecular complexity index is 3470. The van der Waals surface area contributed by atoms with Crippen LogP contribution in [0.5, 0.6) is 11.5 Å². The number of Topliss-reactive ketones (excluding diaryl/α,β-unsaturated/α-hetero) is 2. The molecule has 0 aromatic heterocycles. The molecule has 0 saturated heterocycles. The fourth-order valence-electron chi connectivity index (χ4n) is 8.74. The highest BCUT2D eigenvalue weighted by Crippen LogP contribution is 2.30. The molecule has 87 heavy (non-hydrogen) atoms. The zero-order valence-electron chi connectivity index (χ0n) is 47.4. The Hall–Kier alpha value is -7.84. The van der Waals surface area contributed by atoms with E-state index in [0.29, 0.717) is 25.9 Å². The molecule has 22 heteroatoms. The molecule has 0 aliphatic heterocycles. The Labute approximate surface area is 538 Å². The van der Waals surface area contributed by atoms with Crippen molar-refractivity contribution in [3.63, 3.8) is 0 Å². The number of ether oxygens (including phenoxy) is 1. The molecule has 2 atom stereocenters. The van der Waals surface area contributed by atoms with Crippen LogP contribution in [0.15, 0.2) is 164 Å². The van der Waals surface area contributed by atoms with Crippen LogP contribution < -0.4 is 10.6 Å². The second kappa shape index (κ2) is 35.7. The third kappa shape index (κ3) is 22.8. The van der Waals surface area contributed by atoms with E-state index < -0.39 is 35.8 Å². The Morgan fingerprint density at radius 1 is 0.460 bits per heavy atom. The molecule has 0 fully saturated rings. The van der Waals surface area contributed by atoms with Crippen LogP contribution in [0.2, 0.25) is 20.1 Å².